The molecular weight excluding hydrogens is 336 g/mol. The molecule has 2 aromatic rings. The average molecular weight is 352 g/mol. The number of fused-ring (bicyclic) bond motifs is 1. The normalized spacial score (nSPS) is 13.0. The molecule has 0 atom stereocenters. The Bertz CT molecular complexity index is 751. The number of aromatic amines is 1. The largest absolute Gasteiger partial charge is 0.524 e. The number of nitrogens with zero attached hydrogens (tertiary/aromatic N) is 1. The Morgan fingerprint density at radius 1 is 1.30 bits per heavy atom. The summed E-state index contributed by atoms with van der Waals surface area (Å²) in [6.07, 6.45) is -4.57. The molecule has 0 unspecified atom stereocenters. The lowest BCUT2D eigenvalue weighted by molar-refractivity contribution is -0.141. The smallest absolute Gasteiger partial charge is 0.404 e. The Balaban J connectivity index is 2.66. The summed E-state index contributed by atoms with van der Waals surface area (Å²) < 4.78 is 55.3. The fourth-order valence-corrected chi connectivity index (χ4v) is 2.72. The fourth-order valence-electron chi connectivity index (χ4n) is 2.31. The molecule has 1 heterocycles. The summed E-state index contributed by atoms with van der Waals surface area (Å²) in [6.45, 7) is 0.334. The van der Waals surface area contributed by atoms with Gasteiger partial charge in [-0.3, -0.25) is 9.79 Å². The summed E-state index contributed by atoms with van der Waals surface area (Å²) in [5, 5.41) is 0.0324. The predicted octanol–water partition coefficient (Wildman–Crippen LogP) is 2.76. The van der Waals surface area contributed by atoms with Crippen LogP contribution in [0.5, 0.6) is 5.75 Å². The van der Waals surface area contributed by atoms with Gasteiger partial charge < -0.3 is 14.4 Å². The maximum absolute atomic E-state index is 13.2. The van der Waals surface area contributed by atoms with Gasteiger partial charge >= 0.3 is 14.0 Å². The van der Waals surface area contributed by atoms with Gasteiger partial charge in [0.1, 0.15) is 11.4 Å². The predicted molar refractivity (Wildman–Crippen MR) is 78.2 cm³/mol. The van der Waals surface area contributed by atoms with E-state index in [1.165, 1.54) is 18.2 Å². The topological polar surface area (TPSA) is 85.8 Å². The van der Waals surface area contributed by atoms with E-state index in [-0.39, 0.29) is 28.6 Å². The number of alkyl halides is 3. The highest BCUT2D eigenvalue weighted by atomic mass is 31.2. The third-order valence-electron chi connectivity index (χ3n) is 3.20. The number of rotatable bonds is 5. The molecule has 1 aromatic carbocycles. The van der Waals surface area contributed by atoms with Crippen molar-refractivity contribution in [1.82, 2.24) is 9.88 Å². The molecule has 10 heteroatoms. The highest BCUT2D eigenvalue weighted by molar-refractivity contribution is 7.46. The number of hydrogen-bond donors (Lipinski definition) is 3. The van der Waals surface area contributed by atoms with Gasteiger partial charge in [0.2, 0.25) is 0 Å². The lowest BCUT2D eigenvalue weighted by Crippen LogP contribution is -2.17. The summed E-state index contributed by atoms with van der Waals surface area (Å²) in [6, 6.07) is 3.99. The quantitative estimate of drug-likeness (QED) is 0.721. The van der Waals surface area contributed by atoms with E-state index in [4.69, 9.17) is 9.79 Å². The molecule has 6 nitrogen and oxygen atoms in total. The molecule has 0 aliphatic carbocycles. The summed E-state index contributed by atoms with van der Waals surface area (Å²) >= 11 is 0. The second-order valence-electron chi connectivity index (χ2n) is 5.29. The van der Waals surface area contributed by atoms with E-state index in [2.05, 4.69) is 9.51 Å². The van der Waals surface area contributed by atoms with Gasteiger partial charge in [-0.15, -0.1) is 0 Å². The van der Waals surface area contributed by atoms with Crippen molar-refractivity contribution < 1.29 is 32.0 Å². The molecule has 0 aliphatic rings. The molecule has 0 bridgehead atoms. The summed E-state index contributed by atoms with van der Waals surface area (Å²) in [4.78, 5) is 21.9. The Kier molecular flexibility index (Phi) is 4.77. The van der Waals surface area contributed by atoms with E-state index >= 15 is 0 Å². The minimum Gasteiger partial charge on any atom is -0.404 e. The number of H-pyrrole nitrogens is 1. The second-order valence-corrected chi connectivity index (χ2v) is 6.45. The number of aromatic nitrogens is 1. The van der Waals surface area contributed by atoms with Crippen LogP contribution >= 0.6 is 7.82 Å². The van der Waals surface area contributed by atoms with Crippen molar-refractivity contribution in [2.45, 2.75) is 12.6 Å². The number of nitrogens with one attached hydrogen (secondary N) is 1. The lowest BCUT2D eigenvalue weighted by Gasteiger charge is -2.13. The van der Waals surface area contributed by atoms with Crippen LogP contribution in [0.4, 0.5) is 13.2 Å². The first-order valence-corrected chi connectivity index (χ1v) is 8.12. The van der Waals surface area contributed by atoms with Crippen LogP contribution in [0.2, 0.25) is 0 Å². The number of hydrogen-bond acceptors (Lipinski definition) is 3. The third kappa shape index (κ3) is 4.26. The van der Waals surface area contributed by atoms with Crippen LogP contribution in [0.15, 0.2) is 18.2 Å². The number of benzene rings is 1. The van der Waals surface area contributed by atoms with Crippen molar-refractivity contribution in [2.24, 2.45) is 0 Å². The first-order chi connectivity index (χ1) is 10.5. The Hall–Kier alpha value is -1.54. The number of phosphoric acid groups is 1. The Morgan fingerprint density at radius 3 is 2.48 bits per heavy atom. The van der Waals surface area contributed by atoms with Gasteiger partial charge in [0.25, 0.3) is 0 Å². The van der Waals surface area contributed by atoms with Crippen LogP contribution in [0.1, 0.15) is 11.3 Å². The molecule has 2 rings (SSSR count). The Labute approximate surface area is 130 Å². The molecular formula is C13H16F3N2O4P. The van der Waals surface area contributed by atoms with Crippen molar-refractivity contribution in [3.05, 3.63) is 29.5 Å². The van der Waals surface area contributed by atoms with E-state index in [1.807, 2.05) is 0 Å². The first kappa shape index (κ1) is 17.8. The molecule has 0 aliphatic heterocycles. The molecule has 0 saturated carbocycles. The van der Waals surface area contributed by atoms with Crippen molar-refractivity contribution in [3.63, 3.8) is 0 Å². The van der Waals surface area contributed by atoms with Gasteiger partial charge in [0.05, 0.1) is 0 Å². The summed E-state index contributed by atoms with van der Waals surface area (Å²) in [5.41, 5.74) is -0.904. The highest BCUT2D eigenvalue weighted by Crippen LogP contribution is 2.44. The second kappa shape index (κ2) is 6.16. The number of likely N-dealkylation sites (N-methyl/N-ethyl adjacent to an activating group) is 1. The summed E-state index contributed by atoms with van der Waals surface area (Å²) in [7, 11) is -1.45. The molecule has 0 radical (unpaired) electrons. The van der Waals surface area contributed by atoms with Crippen molar-refractivity contribution in [1.29, 1.82) is 0 Å². The van der Waals surface area contributed by atoms with Gasteiger partial charge in [-0.25, -0.2) is 4.57 Å². The van der Waals surface area contributed by atoms with Crippen LogP contribution in [0.3, 0.4) is 0 Å². The molecule has 23 heavy (non-hydrogen) atoms. The van der Waals surface area contributed by atoms with Crippen LogP contribution < -0.4 is 4.52 Å². The maximum atomic E-state index is 13.2. The number of phosphoric ester groups is 1. The van der Waals surface area contributed by atoms with Crippen molar-refractivity contribution >= 4 is 18.7 Å². The first-order valence-electron chi connectivity index (χ1n) is 6.59. The highest BCUT2D eigenvalue weighted by Gasteiger charge is 2.37. The van der Waals surface area contributed by atoms with Crippen LogP contribution in [-0.2, 0) is 17.2 Å². The molecule has 128 valence electrons. The Morgan fingerprint density at radius 2 is 1.96 bits per heavy atom. The minimum atomic E-state index is -4.89. The molecule has 0 fully saturated rings. The van der Waals surface area contributed by atoms with Gasteiger partial charge in [-0.1, -0.05) is 6.07 Å². The molecule has 0 amide bonds. The monoisotopic (exact) mass is 352 g/mol. The minimum absolute atomic E-state index is 0.0324. The van der Waals surface area contributed by atoms with Crippen molar-refractivity contribution in [3.8, 4) is 5.75 Å². The van der Waals surface area contributed by atoms with E-state index < -0.39 is 19.7 Å². The van der Waals surface area contributed by atoms with Gasteiger partial charge in [0, 0.05) is 17.4 Å². The molecule has 0 saturated heterocycles. The van der Waals surface area contributed by atoms with E-state index in [1.54, 1.807) is 19.0 Å². The molecule has 0 spiro atoms. The zero-order valence-corrected chi connectivity index (χ0v) is 13.3. The van der Waals surface area contributed by atoms with Crippen LogP contribution in [0.25, 0.3) is 10.9 Å². The zero-order chi connectivity index (χ0) is 17.4. The zero-order valence-electron chi connectivity index (χ0n) is 12.4. The van der Waals surface area contributed by atoms with Gasteiger partial charge in [-0.05, 0) is 38.2 Å². The average Bonchev–Trinajstić information content (AvgIpc) is 2.74. The SMILES string of the molecule is CN(C)CCc1c(C(F)(F)F)[nH]c2cccc(OP(=O)(O)O)c12. The lowest BCUT2D eigenvalue weighted by atomic mass is 10.1. The summed E-state index contributed by atoms with van der Waals surface area (Å²) in [5.74, 6) is -0.281. The van der Waals surface area contributed by atoms with Crippen molar-refractivity contribution in [2.75, 3.05) is 20.6 Å². The third-order valence-corrected chi connectivity index (χ3v) is 3.63. The molecule has 3 N–H and O–H groups in total. The van der Waals surface area contributed by atoms with Crippen LogP contribution in [0, 0.1) is 0 Å². The van der Waals surface area contributed by atoms with Gasteiger partial charge in [-0.2, -0.15) is 13.2 Å². The molecule has 1 aromatic heterocycles. The van der Waals surface area contributed by atoms with Gasteiger partial charge in [0.15, 0.2) is 0 Å². The van der Waals surface area contributed by atoms with E-state index in [9.17, 15) is 17.7 Å². The van der Waals surface area contributed by atoms with E-state index in [0.29, 0.717) is 6.54 Å². The standard InChI is InChI=1S/C13H16F3N2O4P/c1-18(2)7-6-8-11-9(17-12(8)13(14,15)16)4-3-5-10(11)22-23(19,20)21/h3-5,17H,6-7H2,1-2H3,(H2,19,20,21). The van der Waals surface area contributed by atoms with Crippen LogP contribution in [-0.4, -0.2) is 40.3 Å². The maximum Gasteiger partial charge on any atom is 0.524 e. The number of halogens is 3. The fraction of sp³-hybridized carbons (Fsp3) is 0.385. The van der Waals surface area contributed by atoms with E-state index in [0.717, 1.165) is 0 Å².